The monoisotopic (exact) mass is 473 g/mol. The Balaban J connectivity index is 5.12. The minimum absolute atomic E-state index is 0.0555. The summed E-state index contributed by atoms with van der Waals surface area (Å²) in [6.45, 7) is 3.38. The molecule has 3 amide bonds. The number of nitrogens with two attached hydrogens (primary N) is 3. The van der Waals surface area contributed by atoms with Gasteiger partial charge in [0, 0.05) is 13.0 Å². The number of nitrogens with zero attached hydrogens (tertiary/aromatic N) is 1. The molecule has 14 nitrogen and oxygen atoms in total. The van der Waals surface area contributed by atoms with E-state index in [2.05, 4.69) is 20.9 Å². The molecule has 0 aliphatic carbocycles. The van der Waals surface area contributed by atoms with Gasteiger partial charge in [-0.1, -0.05) is 20.3 Å². The quantitative estimate of drug-likeness (QED) is 0.0661. The van der Waals surface area contributed by atoms with Crippen LogP contribution < -0.4 is 33.2 Å². The van der Waals surface area contributed by atoms with Crippen LogP contribution in [0.4, 0.5) is 0 Å². The van der Waals surface area contributed by atoms with E-state index in [9.17, 15) is 29.1 Å². The Morgan fingerprint density at radius 3 is 2.12 bits per heavy atom. The van der Waals surface area contributed by atoms with Gasteiger partial charge in [0.1, 0.15) is 12.1 Å². The molecule has 0 saturated carbocycles. The Labute approximate surface area is 191 Å². The first-order valence-electron chi connectivity index (χ1n) is 10.5. The highest BCUT2D eigenvalue weighted by Crippen LogP contribution is 2.05. The number of amides is 3. The van der Waals surface area contributed by atoms with Crippen molar-refractivity contribution >= 4 is 35.6 Å². The maximum atomic E-state index is 12.6. The van der Waals surface area contributed by atoms with Crippen LogP contribution in [-0.4, -0.2) is 77.0 Å². The first-order valence-corrected chi connectivity index (χ1v) is 10.5. The van der Waals surface area contributed by atoms with Gasteiger partial charge < -0.3 is 43.4 Å². The van der Waals surface area contributed by atoms with Gasteiger partial charge in [0.05, 0.1) is 12.6 Å². The Morgan fingerprint density at radius 2 is 1.61 bits per heavy atom. The summed E-state index contributed by atoms with van der Waals surface area (Å²) >= 11 is 0. The van der Waals surface area contributed by atoms with Gasteiger partial charge in [-0.2, -0.15) is 0 Å². The van der Waals surface area contributed by atoms with Crippen molar-refractivity contribution in [2.75, 3.05) is 13.1 Å². The molecule has 0 fully saturated rings. The molecule has 0 heterocycles. The lowest BCUT2D eigenvalue weighted by atomic mass is 9.99. The second-order valence-electron chi connectivity index (χ2n) is 7.53. The van der Waals surface area contributed by atoms with Gasteiger partial charge in [-0.3, -0.25) is 24.2 Å². The first-order chi connectivity index (χ1) is 15.4. The molecule has 0 radical (unpaired) electrons. The van der Waals surface area contributed by atoms with Crippen LogP contribution in [0.2, 0.25) is 0 Å². The van der Waals surface area contributed by atoms with Crippen molar-refractivity contribution in [2.45, 2.75) is 64.1 Å². The number of nitrogens with one attached hydrogen (secondary N) is 3. The zero-order valence-electron chi connectivity index (χ0n) is 18.9. The van der Waals surface area contributed by atoms with E-state index in [4.69, 9.17) is 22.3 Å². The molecule has 188 valence electrons. The van der Waals surface area contributed by atoms with Gasteiger partial charge in [0.25, 0.3) is 0 Å². The highest BCUT2D eigenvalue weighted by atomic mass is 16.4. The normalized spacial score (nSPS) is 14.2. The predicted octanol–water partition coefficient (Wildman–Crippen LogP) is -2.55. The standard InChI is InChI=1S/C19H35N7O7/c1-3-10(2)15(20)17(31)24-9-13(27)25-11(5-4-8-23-19(21)22)16(30)26-12(18(32)33)6-7-14(28)29/h10-12,15H,3-9,20H2,1-2H3,(H,24,31)(H,25,27)(H,26,30)(H,28,29)(H,32,33)(H4,21,22,23). The van der Waals surface area contributed by atoms with Gasteiger partial charge >= 0.3 is 11.9 Å². The van der Waals surface area contributed by atoms with Crippen molar-refractivity contribution in [3.63, 3.8) is 0 Å². The van der Waals surface area contributed by atoms with E-state index in [1.807, 2.05) is 6.92 Å². The fourth-order valence-electron chi connectivity index (χ4n) is 2.61. The highest BCUT2D eigenvalue weighted by Gasteiger charge is 2.27. The molecule has 0 bridgehead atoms. The van der Waals surface area contributed by atoms with Gasteiger partial charge in [-0.05, 0) is 25.2 Å². The van der Waals surface area contributed by atoms with Crippen molar-refractivity contribution in [1.82, 2.24) is 16.0 Å². The van der Waals surface area contributed by atoms with Crippen LogP contribution in [-0.2, 0) is 24.0 Å². The number of carboxylic acid groups (broad SMARTS) is 2. The van der Waals surface area contributed by atoms with Crippen molar-refractivity contribution in [1.29, 1.82) is 0 Å². The van der Waals surface area contributed by atoms with E-state index in [1.165, 1.54) is 0 Å². The molecule has 11 N–H and O–H groups in total. The van der Waals surface area contributed by atoms with Crippen LogP contribution in [0.25, 0.3) is 0 Å². The SMILES string of the molecule is CCC(C)C(N)C(=O)NCC(=O)NC(CCCN=C(N)N)C(=O)NC(CCC(=O)O)C(=O)O. The number of aliphatic imine (C=N–C) groups is 1. The molecule has 0 spiro atoms. The van der Waals surface area contributed by atoms with E-state index in [-0.39, 0.29) is 37.7 Å². The van der Waals surface area contributed by atoms with E-state index in [0.717, 1.165) is 0 Å². The van der Waals surface area contributed by atoms with Gasteiger partial charge in [0.15, 0.2) is 5.96 Å². The maximum absolute atomic E-state index is 12.6. The molecule has 4 atom stereocenters. The third kappa shape index (κ3) is 12.9. The van der Waals surface area contributed by atoms with Crippen LogP contribution >= 0.6 is 0 Å². The summed E-state index contributed by atoms with van der Waals surface area (Å²) in [6, 6.07) is -3.43. The van der Waals surface area contributed by atoms with Gasteiger partial charge in [-0.15, -0.1) is 0 Å². The predicted molar refractivity (Wildman–Crippen MR) is 119 cm³/mol. The summed E-state index contributed by atoms with van der Waals surface area (Å²) in [7, 11) is 0. The maximum Gasteiger partial charge on any atom is 0.326 e. The minimum atomic E-state index is -1.46. The van der Waals surface area contributed by atoms with Crippen molar-refractivity contribution in [3.8, 4) is 0 Å². The Hall–Kier alpha value is -3.42. The van der Waals surface area contributed by atoms with E-state index < -0.39 is 60.8 Å². The lowest BCUT2D eigenvalue weighted by Crippen LogP contribution is -2.54. The van der Waals surface area contributed by atoms with Crippen LogP contribution in [0.15, 0.2) is 4.99 Å². The number of rotatable bonds is 16. The van der Waals surface area contributed by atoms with Gasteiger partial charge in [0.2, 0.25) is 17.7 Å². The van der Waals surface area contributed by atoms with Gasteiger partial charge in [-0.25, -0.2) is 4.79 Å². The van der Waals surface area contributed by atoms with Crippen LogP contribution in [0.5, 0.6) is 0 Å². The summed E-state index contributed by atoms with van der Waals surface area (Å²) in [5.41, 5.74) is 16.3. The first kappa shape index (κ1) is 29.6. The summed E-state index contributed by atoms with van der Waals surface area (Å²) in [5, 5.41) is 25.0. The lowest BCUT2D eigenvalue weighted by molar-refractivity contribution is -0.143. The minimum Gasteiger partial charge on any atom is -0.481 e. The van der Waals surface area contributed by atoms with E-state index >= 15 is 0 Å². The zero-order valence-corrected chi connectivity index (χ0v) is 18.9. The molecule has 0 aromatic carbocycles. The van der Waals surface area contributed by atoms with Crippen molar-refractivity contribution in [2.24, 2.45) is 28.1 Å². The van der Waals surface area contributed by atoms with Crippen molar-refractivity contribution in [3.05, 3.63) is 0 Å². The Morgan fingerprint density at radius 1 is 0.970 bits per heavy atom. The molecule has 0 aromatic heterocycles. The van der Waals surface area contributed by atoms with Crippen LogP contribution in [0, 0.1) is 5.92 Å². The van der Waals surface area contributed by atoms with Crippen molar-refractivity contribution < 1.29 is 34.2 Å². The summed E-state index contributed by atoms with van der Waals surface area (Å²) in [5.74, 6) is -4.92. The molecule has 0 aromatic rings. The largest absolute Gasteiger partial charge is 0.481 e. The molecular weight excluding hydrogens is 438 g/mol. The molecule has 0 saturated heterocycles. The zero-order chi connectivity index (χ0) is 25.6. The van der Waals surface area contributed by atoms with E-state index in [1.54, 1.807) is 6.92 Å². The molecule has 14 heteroatoms. The van der Waals surface area contributed by atoms with Crippen LogP contribution in [0.3, 0.4) is 0 Å². The average molecular weight is 474 g/mol. The van der Waals surface area contributed by atoms with E-state index in [0.29, 0.717) is 6.42 Å². The summed E-state index contributed by atoms with van der Waals surface area (Å²) in [4.78, 5) is 62.8. The molecule has 0 rings (SSSR count). The Kier molecular flexibility index (Phi) is 13.8. The Bertz CT molecular complexity index is 725. The molecular formula is C19H35N7O7. The summed E-state index contributed by atoms with van der Waals surface area (Å²) < 4.78 is 0. The second kappa shape index (κ2) is 15.4. The number of hydrogen-bond donors (Lipinski definition) is 8. The number of carbonyl (C=O) groups excluding carboxylic acids is 3. The molecule has 0 aliphatic rings. The topological polar surface area (TPSA) is 252 Å². The number of carbonyl (C=O) groups is 5. The second-order valence-corrected chi connectivity index (χ2v) is 7.53. The number of aliphatic carboxylic acids is 2. The average Bonchev–Trinajstić information content (AvgIpc) is 2.74. The number of hydrogen-bond acceptors (Lipinski definition) is 7. The summed E-state index contributed by atoms with van der Waals surface area (Å²) in [6.07, 6.45) is 0.190. The third-order valence-electron chi connectivity index (χ3n) is 4.84. The molecule has 0 aliphatic heterocycles. The smallest absolute Gasteiger partial charge is 0.326 e. The molecule has 33 heavy (non-hydrogen) atoms. The molecule has 4 unspecified atom stereocenters. The third-order valence-corrected chi connectivity index (χ3v) is 4.84. The lowest BCUT2D eigenvalue weighted by Gasteiger charge is -2.22. The number of guanidine groups is 1. The fourth-order valence-corrected chi connectivity index (χ4v) is 2.61. The van der Waals surface area contributed by atoms with Crippen LogP contribution in [0.1, 0.15) is 46.0 Å². The number of carboxylic acids is 2. The highest BCUT2D eigenvalue weighted by molar-refractivity contribution is 5.92. The fraction of sp³-hybridized carbons (Fsp3) is 0.684.